The van der Waals surface area contributed by atoms with Gasteiger partial charge in [0.05, 0.1) is 5.69 Å². The van der Waals surface area contributed by atoms with Gasteiger partial charge in [-0.2, -0.15) is 13.1 Å². The zero-order valence-corrected chi connectivity index (χ0v) is 10.4. The highest BCUT2D eigenvalue weighted by Gasteiger charge is 2.11. The van der Waals surface area contributed by atoms with Gasteiger partial charge < -0.3 is 5.73 Å². The van der Waals surface area contributed by atoms with Crippen LogP contribution in [-0.2, 0) is 10.2 Å². The summed E-state index contributed by atoms with van der Waals surface area (Å²) in [6, 6.07) is 4.84. The Balaban J connectivity index is 2.84. The fourth-order valence-electron chi connectivity index (χ4n) is 1.23. The molecule has 0 aliphatic heterocycles. The van der Waals surface area contributed by atoms with Crippen LogP contribution in [0.5, 0.6) is 0 Å². The van der Waals surface area contributed by atoms with Crippen molar-refractivity contribution < 1.29 is 8.42 Å². The molecule has 0 amide bonds. The molecule has 1 aromatic carbocycles. The Labute approximate surface area is 96.2 Å². The van der Waals surface area contributed by atoms with Crippen LogP contribution in [0.2, 0.25) is 0 Å². The summed E-state index contributed by atoms with van der Waals surface area (Å²) in [6.45, 7) is 5.34. The molecule has 0 atom stereocenters. The fraction of sp³-hybridized carbons (Fsp3) is 0.400. The third kappa shape index (κ3) is 3.71. The molecule has 0 fully saturated rings. The van der Waals surface area contributed by atoms with Crippen LogP contribution in [0.15, 0.2) is 18.2 Å². The standard InChI is InChI=1S/C10H17N3O2S/c1-7(2)12-16(14,15)13-9-4-5-10(11)8(3)6-9/h4-7,12-13H,11H2,1-3H3. The number of anilines is 2. The van der Waals surface area contributed by atoms with Crippen molar-refractivity contribution in [1.82, 2.24) is 4.72 Å². The summed E-state index contributed by atoms with van der Waals surface area (Å²) < 4.78 is 28.0. The van der Waals surface area contributed by atoms with E-state index in [-0.39, 0.29) is 6.04 Å². The number of benzene rings is 1. The zero-order valence-electron chi connectivity index (χ0n) is 9.61. The van der Waals surface area contributed by atoms with E-state index in [9.17, 15) is 8.42 Å². The minimum Gasteiger partial charge on any atom is -0.399 e. The van der Waals surface area contributed by atoms with Gasteiger partial charge in [-0.15, -0.1) is 0 Å². The maximum absolute atomic E-state index is 11.6. The van der Waals surface area contributed by atoms with Crippen LogP contribution >= 0.6 is 0 Å². The molecule has 4 N–H and O–H groups in total. The first-order chi connectivity index (χ1) is 7.30. The van der Waals surface area contributed by atoms with Crippen LogP contribution in [-0.4, -0.2) is 14.5 Å². The van der Waals surface area contributed by atoms with Gasteiger partial charge in [0.1, 0.15) is 0 Å². The first-order valence-corrected chi connectivity index (χ1v) is 6.44. The minimum atomic E-state index is -3.50. The molecule has 0 saturated carbocycles. The molecule has 1 aromatic rings. The van der Waals surface area contributed by atoms with Gasteiger partial charge in [-0.3, -0.25) is 4.72 Å². The van der Waals surface area contributed by atoms with E-state index in [1.165, 1.54) is 0 Å². The van der Waals surface area contributed by atoms with Crippen LogP contribution in [0, 0.1) is 6.92 Å². The van der Waals surface area contributed by atoms with Crippen molar-refractivity contribution in [3.8, 4) is 0 Å². The van der Waals surface area contributed by atoms with Crippen molar-refractivity contribution in [2.45, 2.75) is 26.8 Å². The van der Waals surface area contributed by atoms with Crippen LogP contribution in [0.4, 0.5) is 11.4 Å². The summed E-state index contributed by atoms with van der Waals surface area (Å²) in [6.07, 6.45) is 0. The number of nitrogen functional groups attached to an aromatic ring is 1. The molecule has 90 valence electrons. The van der Waals surface area contributed by atoms with Crippen molar-refractivity contribution in [3.63, 3.8) is 0 Å². The number of nitrogens with two attached hydrogens (primary N) is 1. The van der Waals surface area contributed by atoms with Crippen LogP contribution in [0.3, 0.4) is 0 Å². The van der Waals surface area contributed by atoms with Crippen LogP contribution in [0.1, 0.15) is 19.4 Å². The average Bonchev–Trinajstić information content (AvgIpc) is 2.08. The summed E-state index contributed by atoms with van der Waals surface area (Å²) in [7, 11) is -3.50. The van der Waals surface area contributed by atoms with Gasteiger partial charge in [0, 0.05) is 11.7 Å². The second kappa shape index (κ2) is 4.71. The molecule has 0 unspecified atom stereocenters. The number of aryl methyl sites for hydroxylation is 1. The molecular formula is C10H17N3O2S. The molecule has 1 rings (SSSR count). The Kier molecular flexibility index (Phi) is 3.77. The molecule has 0 saturated heterocycles. The highest BCUT2D eigenvalue weighted by atomic mass is 32.2. The van der Waals surface area contributed by atoms with Crippen molar-refractivity contribution in [2.75, 3.05) is 10.5 Å². The van der Waals surface area contributed by atoms with E-state index in [2.05, 4.69) is 9.44 Å². The Morgan fingerprint density at radius 3 is 2.44 bits per heavy atom. The lowest BCUT2D eigenvalue weighted by Crippen LogP contribution is -2.35. The summed E-state index contributed by atoms with van der Waals surface area (Å²) >= 11 is 0. The van der Waals surface area contributed by atoms with Gasteiger partial charge in [-0.25, -0.2) is 0 Å². The quantitative estimate of drug-likeness (QED) is 0.695. The monoisotopic (exact) mass is 243 g/mol. The summed E-state index contributed by atoms with van der Waals surface area (Å²) in [5.74, 6) is 0. The second-order valence-electron chi connectivity index (χ2n) is 3.95. The predicted molar refractivity (Wildman–Crippen MR) is 66.4 cm³/mol. The highest BCUT2D eigenvalue weighted by Crippen LogP contribution is 2.17. The molecule has 16 heavy (non-hydrogen) atoms. The predicted octanol–water partition coefficient (Wildman–Crippen LogP) is 1.23. The van der Waals surface area contributed by atoms with Gasteiger partial charge in [-0.1, -0.05) is 0 Å². The summed E-state index contributed by atoms with van der Waals surface area (Å²) in [5.41, 5.74) is 7.62. The van der Waals surface area contributed by atoms with Crippen LogP contribution in [0.25, 0.3) is 0 Å². The maximum atomic E-state index is 11.6. The third-order valence-corrected chi connectivity index (χ3v) is 3.20. The molecule has 0 heterocycles. The molecule has 5 nitrogen and oxygen atoms in total. The Morgan fingerprint density at radius 2 is 1.94 bits per heavy atom. The highest BCUT2D eigenvalue weighted by molar-refractivity contribution is 7.90. The lowest BCUT2D eigenvalue weighted by atomic mass is 10.2. The first-order valence-electron chi connectivity index (χ1n) is 4.96. The van der Waals surface area contributed by atoms with Gasteiger partial charge in [0.15, 0.2) is 0 Å². The van der Waals surface area contributed by atoms with Crippen molar-refractivity contribution in [1.29, 1.82) is 0 Å². The Morgan fingerprint density at radius 1 is 1.31 bits per heavy atom. The summed E-state index contributed by atoms with van der Waals surface area (Å²) in [5, 5.41) is 0. The number of hydrogen-bond acceptors (Lipinski definition) is 3. The minimum absolute atomic E-state index is 0.146. The van der Waals surface area contributed by atoms with Gasteiger partial charge in [0.25, 0.3) is 10.2 Å². The molecule has 6 heteroatoms. The van der Waals surface area contributed by atoms with Gasteiger partial charge in [-0.05, 0) is 44.5 Å². The van der Waals surface area contributed by atoms with Gasteiger partial charge in [0.2, 0.25) is 0 Å². The fourth-order valence-corrected chi connectivity index (χ4v) is 2.35. The first kappa shape index (κ1) is 12.8. The molecule has 0 aliphatic rings. The molecule has 0 radical (unpaired) electrons. The topological polar surface area (TPSA) is 84.2 Å². The lowest BCUT2D eigenvalue weighted by molar-refractivity contribution is 0.575. The van der Waals surface area contributed by atoms with E-state index >= 15 is 0 Å². The van der Waals surface area contributed by atoms with Gasteiger partial charge >= 0.3 is 0 Å². The third-order valence-electron chi connectivity index (χ3n) is 1.91. The Hall–Kier alpha value is -1.27. The molecule has 0 spiro atoms. The molecule has 0 bridgehead atoms. The molecular weight excluding hydrogens is 226 g/mol. The number of rotatable bonds is 4. The van der Waals surface area contributed by atoms with Crippen molar-refractivity contribution in [3.05, 3.63) is 23.8 Å². The molecule has 0 aromatic heterocycles. The normalized spacial score (nSPS) is 11.8. The van der Waals surface area contributed by atoms with E-state index in [4.69, 9.17) is 5.73 Å². The smallest absolute Gasteiger partial charge is 0.299 e. The van der Waals surface area contributed by atoms with E-state index in [0.29, 0.717) is 11.4 Å². The number of hydrogen-bond donors (Lipinski definition) is 3. The zero-order chi connectivity index (χ0) is 12.3. The van der Waals surface area contributed by atoms with Crippen LogP contribution < -0.4 is 15.2 Å². The molecule has 0 aliphatic carbocycles. The summed E-state index contributed by atoms with van der Waals surface area (Å²) in [4.78, 5) is 0. The van der Waals surface area contributed by atoms with E-state index in [1.807, 2.05) is 6.92 Å². The maximum Gasteiger partial charge on any atom is 0.299 e. The number of nitrogens with one attached hydrogen (secondary N) is 2. The average molecular weight is 243 g/mol. The van der Waals surface area contributed by atoms with E-state index in [0.717, 1.165) is 5.56 Å². The second-order valence-corrected chi connectivity index (χ2v) is 5.40. The largest absolute Gasteiger partial charge is 0.399 e. The van der Waals surface area contributed by atoms with E-state index < -0.39 is 10.2 Å². The SMILES string of the molecule is Cc1cc(NS(=O)(=O)NC(C)C)ccc1N. The Bertz CT molecular complexity index is 469. The van der Waals surface area contributed by atoms with E-state index in [1.54, 1.807) is 32.0 Å². The van der Waals surface area contributed by atoms with Crippen molar-refractivity contribution >= 4 is 21.6 Å². The lowest BCUT2D eigenvalue weighted by Gasteiger charge is -2.12. The van der Waals surface area contributed by atoms with Crippen molar-refractivity contribution in [2.24, 2.45) is 0 Å².